The van der Waals surface area contributed by atoms with Crippen molar-refractivity contribution in [3.05, 3.63) is 59.2 Å². The van der Waals surface area contributed by atoms with Crippen molar-refractivity contribution in [1.29, 1.82) is 0 Å². The van der Waals surface area contributed by atoms with Gasteiger partial charge in [-0.05, 0) is 43.0 Å². The van der Waals surface area contributed by atoms with E-state index in [4.69, 9.17) is 0 Å². The number of alkyl halides is 2. The molecule has 10 heteroatoms. The molecular weight excluding hydrogens is 432 g/mol. The van der Waals surface area contributed by atoms with Crippen molar-refractivity contribution >= 4 is 17.8 Å². The number of nitrogens with one attached hydrogen (secondary N) is 2. The number of amides is 2. The average Bonchev–Trinajstić information content (AvgIpc) is 3.53. The van der Waals surface area contributed by atoms with Crippen molar-refractivity contribution in [3.63, 3.8) is 0 Å². The van der Waals surface area contributed by atoms with Gasteiger partial charge in [-0.2, -0.15) is 8.78 Å². The van der Waals surface area contributed by atoms with Gasteiger partial charge in [-0.15, -0.1) is 0 Å². The highest BCUT2D eigenvalue weighted by molar-refractivity contribution is 5.97. The fourth-order valence-electron chi connectivity index (χ4n) is 3.36. The highest BCUT2D eigenvalue weighted by Crippen LogP contribution is 2.37. The van der Waals surface area contributed by atoms with E-state index in [9.17, 15) is 31.9 Å². The standard InChI is InChI=1S/C22H20F4N2O4/c1-11(27-21(31)22(8-9-22)28-19(29)18(25)26)13-7-6-12(10-16(13)24)14-4-3-5-15(23)17(14)20(30)32-2/h3-7,10-11,18H,8-9H2,1-2H3,(H,27,31)(H,28,29)/t11-/m1/s1. The van der Waals surface area contributed by atoms with Crippen molar-refractivity contribution in [2.24, 2.45) is 0 Å². The van der Waals surface area contributed by atoms with Gasteiger partial charge in [0, 0.05) is 5.56 Å². The van der Waals surface area contributed by atoms with Crippen LogP contribution in [0, 0.1) is 11.6 Å². The summed E-state index contributed by atoms with van der Waals surface area (Å²) in [4.78, 5) is 35.7. The van der Waals surface area contributed by atoms with Gasteiger partial charge in [0.05, 0.1) is 13.2 Å². The molecule has 1 aliphatic rings. The summed E-state index contributed by atoms with van der Waals surface area (Å²) in [5, 5.41) is 4.54. The maximum absolute atomic E-state index is 14.8. The number of carbonyl (C=O) groups is 3. The Balaban J connectivity index is 1.81. The number of esters is 1. The largest absolute Gasteiger partial charge is 0.465 e. The minimum Gasteiger partial charge on any atom is -0.465 e. The Labute approximate surface area is 180 Å². The lowest BCUT2D eigenvalue weighted by atomic mass is 9.96. The van der Waals surface area contributed by atoms with Crippen molar-refractivity contribution < 1.29 is 36.7 Å². The number of rotatable bonds is 7. The van der Waals surface area contributed by atoms with E-state index >= 15 is 0 Å². The number of halogens is 4. The van der Waals surface area contributed by atoms with Crippen LogP contribution < -0.4 is 10.6 Å². The second kappa shape index (κ2) is 8.97. The number of ether oxygens (including phenoxy) is 1. The molecule has 1 saturated carbocycles. The zero-order valence-corrected chi connectivity index (χ0v) is 17.2. The van der Waals surface area contributed by atoms with Crippen LogP contribution in [0.1, 0.15) is 41.7 Å². The Morgan fingerprint density at radius 1 is 1.06 bits per heavy atom. The molecule has 2 amide bonds. The first kappa shape index (κ1) is 23.2. The third-order valence-electron chi connectivity index (χ3n) is 5.27. The van der Waals surface area contributed by atoms with Gasteiger partial charge in [0.1, 0.15) is 22.7 Å². The van der Waals surface area contributed by atoms with E-state index in [1.54, 1.807) is 0 Å². The summed E-state index contributed by atoms with van der Waals surface area (Å²) in [6.07, 6.45) is -2.86. The van der Waals surface area contributed by atoms with Crippen LogP contribution in [0.3, 0.4) is 0 Å². The van der Waals surface area contributed by atoms with Crippen LogP contribution in [-0.4, -0.2) is 36.9 Å². The minimum atomic E-state index is -3.25. The molecule has 32 heavy (non-hydrogen) atoms. The molecule has 0 radical (unpaired) electrons. The topological polar surface area (TPSA) is 84.5 Å². The normalized spacial score (nSPS) is 15.1. The Bertz CT molecular complexity index is 1070. The molecule has 0 aromatic heterocycles. The fourth-order valence-corrected chi connectivity index (χ4v) is 3.36. The van der Waals surface area contributed by atoms with Crippen molar-refractivity contribution in [3.8, 4) is 11.1 Å². The van der Waals surface area contributed by atoms with E-state index in [1.807, 2.05) is 5.32 Å². The van der Waals surface area contributed by atoms with E-state index in [-0.39, 0.29) is 35.1 Å². The van der Waals surface area contributed by atoms with Gasteiger partial charge in [0.15, 0.2) is 0 Å². The van der Waals surface area contributed by atoms with Crippen LogP contribution in [0.15, 0.2) is 36.4 Å². The highest BCUT2D eigenvalue weighted by atomic mass is 19.3. The molecule has 1 atom stereocenters. The predicted molar refractivity (Wildman–Crippen MR) is 106 cm³/mol. The van der Waals surface area contributed by atoms with Gasteiger partial charge in [0.25, 0.3) is 5.91 Å². The van der Waals surface area contributed by atoms with Gasteiger partial charge in [0.2, 0.25) is 5.91 Å². The van der Waals surface area contributed by atoms with Crippen LogP contribution in [0.5, 0.6) is 0 Å². The second-order valence-electron chi connectivity index (χ2n) is 7.46. The molecule has 3 rings (SSSR count). The van der Waals surface area contributed by atoms with Crippen molar-refractivity contribution in [1.82, 2.24) is 10.6 Å². The molecule has 6 nitrogen and oxygen atoms in total. The Morgan fingerprint density at radius 3 is 2.31 bits per heavy atom. The highest BCUT2D eigenvalue weighted by Gasteiger charge is 2.52. The fraction of sp³-hybridized carbons (Fsp3) is 0.318. The SMILES string of the molecule is COC(=O)c1c(F)cccc1-c1ccc([C@@H](C)NC(=O)C2(NC(=O)C(F)F)CC2)c(F)c1. The first-order chi connectivity index (χ1) is 15.1. The van der Waals surface area contributed by atoms with Crippen molar-refractivity contribution in [2.45, 2.75) is 37.8 Å². The zero-order valence-electron chi connectivity index (χ0n) is 17.2. The Hall–Kier alpha value is -3.43. The van der Waals surface area contributed by atoms with Gasteiger partial charge in [-0.3, -0.25) is 9.59 Å². The summed E-state index contributed by atoms with van der Waals surface area (Å²) < 4.78 is 58.6. The molecule has 0 bridgehead atoms. The first-order valence-electron chi connectivity index (χ1n) is 9.67. The molecule has 2 N–H and O–H groups in total. The maximum Gasteiger partial charge on any atom is 0.341 e. The van der Waals surface area contributed by atoms with E-state index in [0.717, 1.165) is 19.2 Å². The van der Waals surface area contributed by atoms with Gasteiger partial charge in [-0.25, -0.2) is 13.6 Å². The predicted octanol–water partition coefficient (Wildman–Crippen LogP) is 3.51. The van der Waals surface area contributed by atoms with Gasteiger partial charge >= 0.3 is 12.4 Å². The molecule has 1 aliphatic carbocycles. The summed E-state index contributed by atoms with van der Waals surface area (Å²) in [5.41, 5.74) is -1.34. The molecule has 0 aliphatic heterocycles. The number of hydrogen-bond acceptors (Lipinski definition) is 4. The number of hydrogen-bond donors (Lipinski definition) is 2. The Kier molecular flexibility index (Phi) is 6.52. The van der Waals surface area contributed by atoms with Gasteiger partial charge < -0.3 is 15.4 Å². The van der Waals surface area contributed by atoms with E-state index in [1.165, 1.54) is 31.2 Å². The molecule has 2 aromatic carbocycles. The third-order valence-corrected chi connectivity index (χ3v) is 5.27. The summed E-state index contributed by atoms with van der Waals surface area (Å²) in [5.74, 6) is -4.71. The first-order valence-corrected chi connectivity index (χ1v) is 9.67. The molecule has 0 spiro atoms. The molecular formula is C22H20F4N2O4. The summed E-state index contributed by atoms with van der Waals surface area (Å²) in [7, 11) is 1.10. The quantitative estimate of drug-likeness (QED) is 0.498. The van der Waals surface area contributed by atoms with Crippen LogP contribution in [-0.2, 0) is 14.3 Å². The third kappa shape index (κ3) is 4.58. The monoisotopic (exact) mass is 452 g/mol. The molecule has 2 aromatic rings. The number of benzene rings is 2. The molecule has 0 saturated heterocycles. The lowest BCUT2D eigenvalue weighted by Crippen LogP contribution is -2.51. The van der Waals surface area contributed by atoms with Gasteiger partial charge in [-0.1, -0.05) is 24.3 Å². The van der Waals surface area contributed by atoms with Crippen LogP contribution in [0.4, 0.5) is 17.6 Å². The van der Waals surface area contributed by atoms with Crippen LogP contribution in [0.2, 0.25) is 0 Å². The van der Waals surface area contributed by atoms with E-state index < -0.39 is 47.4 Å². The maximum atomic E-state index is 14.8. The summed E-state index contributed by atoms with van der Waals surface area (Å²) in [6, 6.07) is 6.94. The van der Waals surface area contributed by atoms with Crippen LogP contribution in [0.25, 0.3) is 11.1 Å². The Morgan fingerprint density at radius 2 is 1.75 bits per heavy atom. The average molecular weight is 452 g/mol. The van der Waals surface area contributed by atoms with Crippen molar-refractivity contribution in [2.75, 3.05) is 7.11 Å². The second-order valence-corrected chi connectivity index (χ2v) is 7.46. The molecule has 170 valence electrons. The lowest BCUT2D eigenvalue weighted by Gasteiger charge is -2.21. The molecule has 0 unspecified atom stereocenters. The molecule has 1 fully saturated rings. The number of methoxy groups -OCH3 is 1. The smallest absolute Gasteiger partial charge is 0.341 e. The minimum absolute atomic E-state index is 0.0779. The summed E-state index contributed by atoms with van der Waals surface area (Å²) in [6.45, 7) is 1.49. The zero-order chi connectivity index (χ0) is 23.6. The number of carbonyl (C=O) groups excluding carboxylic acids is 3. The molecule has 0 heterocycles. The van der Waals surface area contributed by atoms with E-state index in [2.05, 4.69) is 10.1 Å². The van der Waals surface area contributed by atoms with Crippen LogP contribution >= 0.6 is 0 Å². The van der Waals surface area contributed by atoms with E-state index in [0.29, 0.717) is 0 Å². The lowest BCUT2D eigenvalue weighted by molar-refractivity contribution is -0.136. The summed E-state index contributed by atoms with van der Waals surface area (Å²) >= 11 is 0.